The van der Waals surface area contributed by atoms with Crippen molar-refractivity contribution >= 4 is 21.6 Å². The van der Waals surface area contributed by atoms with Gasteiger partial charge in [0.05, 0.1) is 28.8 Å². The second-order valence-corrected chi connectivity index (χ2v) is 10.3. The van der Waals surface area contributed by atoms with E-state index in [1.165, 1.54) is 17.0 Å². The number of nitrogens with zero attached hydrogens (tertiary/aromatic N) is 1. The number of halogens is 1. The molecular formula is C27H32ClN2O5S-. The Morgan fingerprint density at radius 2 is 1.58 bits per heavy atom. The van der Waals surface area contributed by atoms with E-state index in [-0.39, 0.29) is 40.8 Å². The van der Waals surface area contributed by atoms with Gasteiger partial charge in [-0.05, 0) is 86.7 Å². The van der Waals surface area contributed by atoms with Gasteiger partial charge in [0.1, 0.15) is 5.75 Å². The lowest BCUT2D eigenvalue weighted by Crippen LogP contribution is -3.00. The minimum Gasteiger partial charge on any atom is -1.00 e. The van der Waals surface area contributed by atoms with E-state index < -0.39 is 22.0 Å². The van der Waals surface area contributed by atoms with Crippen LogP contribution < -0.4 is 17.1 Å². The maximum atomic E-state index is 13.5. The van der Waals surface area contributed by atoms with Gasteiger partial charge in [0, 0.05) is 6.54 Å². The molecule has 7 nitrogen and oxygen atoms in total. The van der Waals surface area contributed by atoms with Crippen molar-refractivity contribution in [1.29, 1.82) is 0 Å². The number of sulfonamides is 1. The van der Waals surface area contributed by atoms with Crippen LogP contribution in [-0.4, -0.2) is 42.5 Å². The Morgan fingerprint density at radius 3 is 2.17 bits per heavy atom. The van der Waals surface area contributed by atoms with E-state index in [4.69, 9.17) is 0 Å². The third kappa shape index (κ3) is 6.19. The van der Waals surface area contributed by atoms with Crippen molar-refractivity contribution in [2.24, 2.45) is 0 Å². The summed E-state index contributed by atoms with van der Waals surface area (Å²) in [7, 11) is -3.98. The average Bonchev–Trinajstić information content (AvgIpc) is 2.80. The molecule has 36 heavy (non-hydrogen) atoms. The lowest BCUT2D eigenvalue weighted by Gasteiger charge is -2.25. The van der Waals surface area contributed by atoms with Crippen molar-refractivity contribution in [3.63, 3.8) is 0 Å². The van der Waals surface area contributed by atoms with E-state index >= 15 is 0 Å². The number of benzene rings is 3. The Labute approximate surface area is 219 Å². The molecule has 3 rings (SSSR count). The van der Waals surface area contributed by atoms with Gasteiger partial charge in [-0.2, -0.15) is 0 Å². The van der Waals surface area contributed by atoms with Crippen LogP contribution in [0.3, 0.4) is 0 Å². The van der Waals surface area contributed by atoms with Crippen molar-refractivity contribution < 1.29 is 35.8 Å². The van der Waals surface area contributed by atoms with Gasteiger partial charge in [-0.15, -0.1) is 0 Å². The number of para-hydroxylation sites is 1. The van der Waals surface area contributed by atoms with Crippen molar-refractivity contribution in [3.05, 3.63) is 88.0 Å². The van der Waals surface area contributed by atoms with Gasteiger partial charge >= 0.3 is 0 Å². The monoisotopic (exact) mass is 531 g/mol. The standard InChI is InChI=1S/C27H32N2O5S.ClH/c1-6-29(16-25(31)21-10-9-11-22(30)15-21)27(32)23-12-7-8-13-24(23)28-35(33,34)26-19(4)17(2)14-18(3)20(26)5;/h7-15,25,28,30-31H,6,16H2,1-5H3;1H/p-1. The second kappa shape index (κ2) is 11.8. The summed E-state index contributed by atoms with van der Waals surface area (Å²) in [6.07, 6.45) is -1.02. The van der Waals surface area contributed by atoms with E-state index in [1.54, 1.807) is 57.2 Å². The minimum atomic E-state index is -3.98. The summed E-state index contributed by atoms with van der Waals surface area (Å²) in [5, 5.41) is 20.3. The topological polar surface area (TPSA) is 107 Å². The Kier molecular flexibility index (Phi) is 9.54. The number of carbonyl (C=O) groups excluding carboxylic acids is 1. The Hall–Kier alpha value is -3.07. The fourth-order valence-electron chi connectivity index (χ4n) is 4.11. The van der Waals surface area contributed by atoms with Crippen LogP contribution in [0, 0.1) is 27.7 Å². The molecule has 194 valence electrons. The molecule has 0 bridgehead atoms. The minimum absolute atomic E-state index is 0. The van der Waals surface area contributed by atoms with Crippen LogP contribution in [0.25, 0.3) is 0 Å². The third-order valence-electron chi connectivity index (χ3n) is 6.28. The number of phenolic OH excluding ortho intramolecular Hbond substituents is 1. The molecule has 0 saturated heterocycles. The van der Waals surface area contributed by atoms with E-state index in [0.717, 1.165) is 11.1 Å². The van der Waals surface area contributed by atoms with Crippen LogP contribution in [0.2, 0.25) is 0 Å². The summed E-state index contributed by atoms with van der Waals surface area (Å²) in [5.74, 6) is -0.397. The molecule has 0 radical (unpaired) electrons. The predicted molar refractivity (Wildman–Crippen MR) is 137 cm³/mol. The van der Waals surface area contributed by atoms with Gasteiger partial charge in [0.2, 0.25) is 0 Å². The van der Waals surface area contributed by atoms with Gasteiger partial charge in [-0.3, -0.25) is 9.52 Å². The summed E-state index contributed by atoms with van der Waals surface area (Å²) in [6, 6.07) is 14.6. The van der Waals surface area contributed by atoms with Crippen LogP contribution in [0.1, 0.15) is 51.2 Å². The first-order valence-corrected chi connectivity index (χ1v) is 12.9. The zero-order valence-corrected chi connectivity index (χ0v) is 22.6. The SMILES string of the molecule is CCN(CC(O)c1cccc(O)c1)C(=O)c1ccccc1NS(=O)(=O)c1c(C)c(C)cc(C)c1C.[Cl-]. The zero-order chi connectivity index (χ0) is 25.9. The van der Waals surface area contributed by atoms with Gasteiger partial charge in [-0.25, -0.2) is 8.42 Å². The number of aliphatic hydroxyl groups excluding tert-OH is 1. The highest BCUT2D eigenvalue weighted by atomic mass is 35.5. The number of hydrogen-bond acceptors (Lipinski definition) is 5. The van der Waals surface area contributed by atoms with Crippen molar-refractivity contribution in [1.82, 2.24) is 4.90 Å². The molecule has 3 N–H and O–H groups in total. The molecule has 0 heterocycles. The maximum absolute atomic E-state index is 13.5. The highest BCUT2D eigenvalue weighted by Gasteiger charge is 2.26. The summed E-state index contributed by atoms with van der Waals surface area (Å²) in [5.41, 5.74) is 3.89. The zero-order valence-electron chi connectivity index (χ0n) is 21.0. The molecule has 0 fully saturated rings. The molecule has 0 aromatic heterocycles. The van der Waals surface area contributed by atoms with E-state index in [1.807, 2.05) is 19.9 Å². The van der Waals surface area contributed by atoms with Crippen LogP contribution >= 0.6 is 0 Å². The Bertz CT molecular complexity index is 1330. The van der Waals surface area contributed by atoms with E-state index in [9.17, 15) is 23.4 Å². The molecule has 1 atom stereocenters. The fourth-order valence-corrected chi connectivity index (χ4v) is 5.81. The molecule has 1 unspecified atom stereocenters. The number of likely N-dealkylation sites (N-methyl/N-ethyl adjacent to an activating group) is 1. The highest BCUT2D eigenvalue weighted by Crippen LogP contribution is 2.29. The fraction of sp³-hybridized carbons (Fsp3) is 0.296. The quantitative estimate of drug-likeness (QED) is 0.409. The number of hydrogen-bond donors (Lipinski definition) is 3. The summed E-state index contributed by atoms with van der Waals surface area (Å²) >= 11 is 0. The predicted octanol–water partition coefficient (Wildman–Crippen LogP) is 1.63. The molecule has 9 heteroatoms. The first-order valence-electron chi connectivity index (χ1n) is 11.4. The van der Waals surface area contributed by atoms with Gasteiger partial charge in [0.25, 0.3) is 15.9 Å². The molecule has 0 saturated carbocycles. The number of phenols is 1. The van der Waals surface area contributed by atoms with Gasteiger partial charge in [-0.1, -0.05) is 30.3 Å². The number of anilines is 1. The van der Waals surface area contributed by atoms with Crippen LogP contribution in [-0.2, 0) is 10.0 Å². The molecule has 0 spiro atoms. The molecular weight excluding hydrogens is 500 g/mol. The molecule has 1 amide bonds. The van der Waals surface area contributed by atoms with Crippen LogP contribution in [0.15, 0.2) is 59.5 Å². The third-order valence-corrected chi connectivity index (χ3v) is 7.92. The Balaban J connectivity index is 0.00000456. The van der Waals surface area contributed by atoms with Crippen LogP contribution in [0.4, 0.5) is 5.69 Å². The molecule has 3 aromatic rings. The lowest BCUT2D eigenvalue weighted by atomic mass is 10.0. The van der Waals surface area contributed by atoms with E-state index in [2.05, 4.69) is 4.72 Å². The molecule has 0 aliphatic rings. The first-order chi connectivity index (χ1) is 16.5. The average molecular weight is 532 g/mol. The number of aryl methyl sites for hydroxylation is 2. The van der Waals surface area contributed by atoms with Gasteiger partial charge in [0.15, 0.2) is 0 Å². The number of aliphatic hydroxyl groups is 1. The molecule has 3 aromatic carbocycles. The first kappa shape index (κ1) is 29.2. The highest BCUT2D eigenvalue weighted by molar-refractivity contribution is 7.92. The number of aromatic hydroxyl groups is 1. The normalized spacial score (nSPS) is 11.9. The largest absolute Gasteiger partial charge is 1.00 e. The number of amides is 1. The Morgan fingerprint density at radius 1 is 0.972 bits per heavy atom. The smallest absolute Gasteiger partial charge is 0.262 e. The summed E-state index contributed by atoms with van der Waals surface area (Å²) in [4.78, 5) is 15.1. The summed E-state index contributed by atoms with van der Waals surface area (Å²) in [6.45, 7) is 9.34. The number of carbonyl (C=O) groups is 1. The van der Waals surface area contributed by atoms with Crippen LogP contribution in [0.5, 0.6) is 5.75 Å². The van der Waals surface area contributed by atoms with Crippen molar-refractivity contribution in [3.8, 4) is 5.75 Å². The van der Waals surface area contributed by atoms with Gasteiger partial charge < -0.3 is 27.5 Å². The molecule has 0 aliphatic heterocycles. The number of nitrogens with one attached hydrogen (secondary N) is 1. The summed E-state index contributed by atoms with van der Waals surface area (Å²) < 4.78 is 29.5. The second-order valence-electron chi connectivity index (χ2n) is 8.70. The van der Waals surface area contributed by atoms with Crippen molar-refractivity contribution in [2.45, 2.75) is 45.6 Å². The van der Waals surface area contributed by atoms with Crippen molar-refractivity contribution in [2.75, 3.05) is 17.8 Å². The number of rotatable bonds is 8. The van der Waals surface area contributed by atoms with E-state index in [0.29, 0.717) is 23.2 Å². The molecule has 0 aliphatic carbocycles. The lowest BCUT2D eigenvalue weighted by molar-refractivity contribution is -0.0000210. The maximum Gasteiger partial charge on any atom is 0.262 e.